The summed E-state index contributed by atoms with van der Waals surface area (Å²) in [6.07, 6.45) is 0. The van der Waals surface area contributed by atoms with Gasteiger partial charge in [-0.15, -0.1) is 0 Å². The van der Waals surface area contributed by atoms with Crippen LogP contribution in [0.5, 0.6) is 0 Å². The Hall–Kier alpha value is -15.1. The first-order valence-corrected chi connectivity index (χ1v) is 37.9. The van der Waals surface area contributed by atoms with E-state index in [4.69, 9.17) is 17.7 Å². The summed E-state index contributed by atoms with van der Waals surface area (Å²) >= 11 is 0. The molecule has 0 unspecified atom stereocenters. The molecule has 0 atom stereocenters. The topological polar surface area (TPSA) is 68.9 Å². The van der Waals surface area contributed by atoms with Crippen molar-refractivity contribution >= 4 is 155 Å². The molecule has 0 saturated heterocycles. The lowest BCUT2D eigenvalue weighted by Gasteiger charge is -2.26. The molecular formula is C104H66N4O4. The van der Waals surface area contributed by atoms with Gasteiger partial charge < -0.3 is 36.6 Å². The Kier molecular flexibility index (Phi) is 15.1. The number of fused-ring (bicyclic) bond motifs is 17. The molecule has 0 saturated carbocycles. The van der Waals surface area contributed by atoms with Gasteiger partial charge in [-0.25, -0.2) is 0 Å². The standard InChI is InChI=1S/C54H34N2O2.C50H32N2O2/c1-2-14-38(15-3-1)56-49-22-8-6-18-47(49)54-52(56)48-21-11-20-44(53(48)58-54)37-26-30-40(31-27-37)55(41-32-33-46-45-17-7-9-23-50(45)57-51(46)34-41)39-28-24-36(25-29-39)43-19-10-13-35-12-4-5-16-42(35)43;1-3-12-33(13-4-1)34-22-26-37(27-23-34)51(39-30-31-42-41-16-8-10-21-46(41)53-47(42)32-39)38-28-24-35(25-29-38)40-18-11-19-44-48-50(54-49(40)44)43-17-7-9-20-45(43)52(48)36-14-5-2-6-15-36/h1-34H;1-32H. The van der Waals surface area contributed by atoms with Gasteiger partial charge in [-0.1, -0.05) is 243 Å². The van der Waals surface area contributed by atoms with Crippen LogP contribution in [-0.2, 0) is 0 Å². The number of nitrogens with zero attached hydrogens (tertiary/aromatic N) is 4. The van der Waals surface area contributed by atoms with E-state index in [2.05, 4.69) is 395 Å². The van der Waals surface area contributed by atoms with Gasteiger partial charge in [-0.3, -0.25) is 0 Å². The second kappa shape index (κ2) is 26.4. The second-order valence-electron chi connectivity index (χ2n) is 28.6. The second-order valence-corrected chi connectivity index (χ2v) is 28.6. The predicted molar refractivity (Wildman–Crippen MR) is 464 cm³/mol. The molecular weight excluding hydrogens is 1370 g/mol. The lowest BCUT2D eigenvalue weighted by Crippen LogP contribution is -2.09. The van der Waals surface area contributed by atoms with Crippen molar-refractivity contribution in [3.63, 3.8) is 0 Å². The minimum absolute atomic E-state index is 0.858. The Morgan fingerprint density at radius 2 is 0.509 bits per heavy atom. The van der Waals surface area contributed by atoms with Crippen molar-refractivity contribution in [2.45, 2.75) is 0 Å². The summed E-state index contributed by atoms with van der Waals surface area (Å²) in [6.45, 7) is 0. The third-order valence-corrected chi connectivity index (χ3v) is 22.2. The monoisotopic (exact) mass is 1430 g/mol. The maximum atomic E-state index is 6.87. The van der Waals surface area contributed by atoms with Crippen molar-refractivity contribution in [2.75, 3.05) is 9.80 Å². The van der Waals surface area contributed by atoms with Gasteiger partial charge in [0.15, 0.2) is 11.2 Å². The van der Waals surface area contributed by atoms with Gasteiger partial charge in [0, 0.05) is 112 Å². The van der Waals surface area contributed by atoms with E-state index >= 15 is 0 Å². The molecule has 0 aliphatic rings. The number of aromatic nitrogens is 2. The molecule has 6 aromatic heterocycles. The summed E-state index contributed by atoms with van der Waals surface area (Å²) in [5.41, 5.74) is 29.0. The minimum atomic E-state index is 0.858. The largest absolute Gasteiger partial charge is 0.456 e. The summed E-state index contributed by atoms with van der Waals surface area (Å²) in [5.74, 6) is 0. The van der Waals surface area contributed by atoms with Crippen LogP contribution in [0.2, 0.25) is 0 Å². The van der Waals surface area contributed by atoms with E-state index in [9.17, 15) is 0 Å². The Morgan fingerprint density at radius 1 is 0.188 bits per heavy atom. The molecule has 0 amide bonds. The molecule has 0 aliphatic heterocycles. The minimum Gasteiger partial charge on any atom is -0.456 e. The van der Waals surface area contributed by atoms with Gasteiger partial charge in [-0.2, -0.15) is 0 Å². The van der Waals surface area contributed by atoms with Crippen LogP contribution >= 0.6 is 0 Å². The summed E-state index contributed by atoms with van der Waals surface area (Å²) in [6, 6.07) is 141. The Labute approximate surface area is 643 Å². The van der Waals surface area contributed by atoms with Crippen molar-refractivity contribution in [2.24, 2.45) is 0 Å². The van der Waals surface area contributed by atoms with Gasteiger partial charge >= 0.3 is 0 Å². The van der Waals surface area contributed by atoms with Crippen molar-refractivity contribution < 1.29 is 17.7 Å². The molecule has 0 radical (unpaired) electrons. The summed E-state index contributed by atoms with van der Waals surface area (Å²) in [4.78, 5) is 4.60. The molecule has 0 fully saturated rings. The lowest BCUT2D eigenvalue weighted by atomic mass is 9.98. The van der Waals surface area contributed by atoms with E-state index in [1.165, 1.54) is 33.0 Å². The number of furan rings is 4. The molecule has 0 aliphatic carbocycles. The first kappa shape index (κ1) is 64.1. The number of benzene rings is 17. The highest BCUT2D eigenvalue weighted by Gasteiger charge is 2.26. The molecule has 0 bridgehead atoms. The quantitative estimate of drug-likeness (QED) is 0.121. The normalized spacial score (nSPS) is 11.8. The van der Waals surface area contributed by atoms with Crippen molar-refractivity contribution in [3.8, 4) is 55.9 Å². The third-order valence-electron chi connectivity index (χ3n) is 22.2. The van der Waals surface area contributed by atoms with Crippen LogP contribution < -0.4 is 9.80 Å². The highest BCUT2D eigenvalue weighted by Crippen LogP contribution is 2.48. The van der Waals surface area contributed by atoms with Crippen LogP contribution in [-0.4, -0.2) is 9.13 Å². The van der Waals surface area contributed by atoms with E-state index in [0.717, 1.165) is 178 Å². The number of anilines is 6. The maximum Gasteiger partial charge on any atom is 0.161 e. The van der Waals surface area contributed by atoms with Gasteiger partial charge in [-0.05, 0) is 190 Å². The van der Waals surface area contributed by atoms with Crippen LogP contribution in [0.1, 0.15) is 0 Å². The van der Waals surface area contributed by atoms with Gasteiger partial charge in [0.1, 0.15) is 44.5 Å². The van der Waals surface area contributed by atoms with Gasteiger partial charge in [0.2, 0.25) is 0 Å². The number of hydrogen-bond donors (Lipinski definition) is 0. The molecule has 0 N–H and O–H groups in total. The molecule has 8 nitrogen and oxygen atoms in total. The van der Waals surface area contributed by atoms with Crippen molar-refractivity contribution in [1.29, 1.82) is 0 Å². The smallest absolute Gasteiger partial charge is 0.161 e. The van der Waals surface area contributed by atoms with Crippen molar-refractivity contribution in [1.82, 2.24) is 9.13 Å². The molecule has 526 valence electrons. The fourth-order valence-electron chi connectivity index (χ4n) is 17.0. The van der Waals surface area contributed by atoms with Gasteiger partial charge in [0.05, 0.1) is 11.0 Å². The lowest BCUT2D eigenvalue weighted by molar-refractivity contribution is 0.668. The Bertz CT molecular complexity index is 7530. The molecule has 23 rings (SSSR count). The average Bonchev–Trinajstić information content (AvgIpc) is 1.56. The van der Waals surface area contributed by atoms with Crippen LogP contribution in [0, 0.1) is 0 Å². The molecule has 17 aromatic carbocycles. The zero-order chi connectivity index (χ0) is 73.7. The van der Waals surface area contributed by atoms with E-state index in [1.807, 2.05) is 24.3 Å². The van der Waals surface area contributed by atoms with E-state index in [-0.39, 0.29) is 0 Å². The third kappa shape index (κ3) is 10.7. The Morgan fingerprint density at radius 3 is 0.973 bits per heavy atom. The number of hydrogen-bond acceptors (Lipinski definition) is 6. The van der Waals surface area contributed by atoms with Crippen molar-refractivity contribution in [3.05, 3.63) is 400 Å². The molecule has 23 aromatic rings. The maximum absolute atomic E-state index is 6.87. The molecule has 6 heterocycles. The highest BCUT2D eigenvalue weighted by atomic mass is 16.3. The van der Waals surface area contributed by atoms with Crippen LogP contribution in [0.25, 0.3) is 176 Å². The van der Waals surface area contributed by atoms with Crippen LogP contribution in [0.15, 0.2) is 418 Å². The van der Waals surface area contributed by atoms with Crippen LogP contribution in [0.3, 0.4) is 0 Å². The predicted octanol–water partition coefficient (Wildman–Crippen LogP) is 29.6. The van der Waals surface area contributed by atoms with E-state index in [0.29, 0.717) is 0 Å². The number of para-hydroxylation sites is 8. The zero-order valence-electron chi connectivity index (χ0n) is 60.5. The first-order chi connectivity index (χ1) is 55.5. The average molecular weight is 1440 g/mol. The molecule has 8 heteroatoms. The summed E-state index contributed by atoms with van der Waals surface area (Å²) in [7, 11) is 0. The number of rotatable bonds is 12. The molecule has 112 heavy (non-hydrogen) atoms. The fourth-order valence-corrected chi connectivity index (χ4v) is 17.0. The molecule has 0 spiro atoms. The summed E-state index contributed by atoms with van der Waals surface area (Å²) < 4.78 is 31.1. The Balaban J connectivity index is 0.000000138. The SMILES string of the molecule is c1ccc(-c2ccc(N(c3ccc(-c4cccc5c4oc4c6ccccc6n(-c6ccccc6)c54)cc3)c3ccc4c(c3)oc3ccccc34)cc2)cc1.c1ccc(-n2c3ccccc3c3oc4c(-c5ccc(N(c6ccc(-c7cccc8ccccc78)cc6)c6ccc7c(c6)oc6ccccc67)cc5)cccc4c32)cc1. The van der Waals surface area contributed by atoms with E-state index < -0.39 is 0 Å². The van der Waals surface area contributed by atoms with E-state index in [1.54, 1.807) is 0 Å². The fraction of sp³-hybridized carbons (Fsp3) is 0. The zero-order valence-corrected chi connectivity index (χ0v) is 60.5. The summed E-state index contributed by atoms with van der Waals surface area (Å²) in [5, 5.41) is 11.3. The van der Waals surface area contributed by atoms with Gasteiger partial charge in [0.25, 0.3) is 0 Å². The first-order valence-electron chi connectivity index (χ1n) is 37.9. The van der Waals surface area contributed by atoms with Crippen LogP contribution in [0.4, 0.5) is 34.1 Å². The highest BCUT2D eigenvalue weighted by molar-refractivity contribution is 6.20.